The number of hydrogen-bond acceptors (Lipinski definition) is 6. The zero-order valence-electron chi connectivity index (χ0n) is 22.3. The number of sulfonamides is 1. The highest BCUT2D eigenvalue weighted by Crippen LogP contribution is 2.41. The molecule has 0 aliphatic rings. The van der Waals surface area contributed by atoms with E-state index in [1.54, 1.807) is 24.7 Å². The Morgan fingerprint density at radius 1 is 1.00 bits per heavy atom. The Bertz CT molecular complexity index is 2120. The van der Waals surface area contributed by atoms with Gasteiger partial charge in [0.05, 0.1) is 24.1 Å². The minimum atomic E-state index is -3.62. The van der Waals surface area contributed by atoms with Gasteiger partial charge in [0.1, 0.15) is 22.2 Å². The van der Waals surface area contributed by atoms with Crippen LogP contribution < -0.4 is 4.31 Å². The van der Waals surface area contributed by atoms with Crippen LogP contribution in [0.1, 0.15) is 4.88 Å². The third kappa shape index (κ3) is 4.60. The summed E-state index contributed by atoms with van der Waals surface area (Å²) in [7, 11) is -1.60. The number of imidazole rings is 1. The molecule has 41 heavy (non-hydrogen) atoms. The Kier molecular flexibility index (Phi) is 6.02. The van der Waals surface area contributed by atoms with E-state index in [2.05, 4.69) is 37.7 Å². The lowest BCUT2D eigenvalue weighted by Gasteiger charge is -2.21. The fourth-order valence-electron chi connectivity index (χ4n) is 5.14. The van der Waals surface area contributed by atoms with Crippen LogP contribution in [0, 0.1) is 0 Å². The van der Waals surface area contributed by atoms with Crippen LogP contribution in [0.5, 0.6) is 0 Å². The SMILES string of the molecule is Cn1ccc2cc(-c3ncc(CN(c4ccc5c(-c6ncc[nH]6)c(-c6ccccc6)oc5c4)S(C)(=O)=O)s3)ccc21. The van der Waals surface area contributed by atoms with Crippen molar-refractivity contribution in [2.75, 3.05) is 10.6 Å². The maximum absolute atomic E-state index is 13.0. The lowest BCUT2D eigenvalue weighted by Crippen LogP contribution is -2.28. The van der Waals surface area contributed by atoms with Crippen LogP contribution in [0.25, 0.3) is 55.2 Å². The molecule has 0 spiro atoms. The number of aromatic amines is 1. The molecule has 7 rings (SSSR count). The fourth-order valence-corrected chi connectivity index (χ4v) is 6.99. The van der Waals surface area contributed by atoms with E-state index in [1.165, 1.54) is 21.9 Å². The molecule has 4 aromatic heterocycles. The van der Waals surface area contributed by atoms with Crippen LogP contribution in [0.4, 0.5) is 5.69 Å². The summed E-state index contributed by atoms with van der Waals surface area (Å²) in [5.41, 5.74) is 4.97. The number of thiazole rings is 1. The van der Waals surface area contributed by atoms with Gasteiger partial charge in [0.25, 0.3) is 0 Å². The van der Waals surface area contributed by atoms with Crippen LogP contribution in [0.15, 0.2) is 102 Å². The number of aromatic nitrogens is 4. The van der Waals surface area contributed by atoms with E-state index in [0.29, 0.717) is 22.9 Å². The zero-order chi connectivity index (χ0) is 28.1. The monoisotopic (exact) mass is 579 g/mol. The molecule has 1 N–H and O–H groups in total. The van der Waals surface area contributed by atoms with Gasteiger partial charge in [0.2, 0.25) is 10.0 Å². The molecule has 3 aromatic carbocycles. The van der Waals surface area contributed by atoms with Gasteiger partial charge in [0.15, 0.2) is 0 Å². The first-order valence-electron chi connectivity index (χ1n) is 12.9. The number of benzene rings is 3. The van der Waals surface area contributed by atoms with Crippen molar-refractivity contribution in [1.29, 1.82) is 0 Å². The van der Waals surface area contributed by atoms with E-state index < -0.39 is 10.0 Å². The maximum atomic E-state index is 13.0. The van der Waals surface area contributed by atoms with Gasteiger partial charge in [-0.1, -0.05) is 30.3 Å². The smallest absolute Gasteiger partial charge is 0.232 e. The molecule has 0 bridgehead atoms. The predicted octanol–water partition coefficient (Wildman–Crippen LogP) is 7.07. The van der Waals surface area contributed by atoms with Gasteiger partial charge in [-0.25, -0.2) is 18.4 Å². The number of nitrogens with zero attached hydrogens (tertiary/aromatic N) is 4. The molecule has 0 radical (unpaired) electrons. The molecule has 0 amide bonds. The Morgan fingerprint density at radius 2 is 1.85 bits per heavy atom. The highest BCUT2D eigenvalue weighted by atomic mass is 32.2. The van der Waals surface area contributed by atoms with E-state index in [9.17, 15) is 8.42 Å². The Hall–Kier alpha value is -4.67. The van der Waals surface area contributed by atoms with Crippen molar-refractivity contribution in [2.45, 2.75) is 6.54 Å². The number of anilines is 1. The van der Waals surface area contributed by atoms with Crippen LogP contribution in [-0.2, 0) is 23.6 Å². The molecule has 0 saturated carbocycles. The average molecular weight is 580 g/mol. The molecule has 0 aliphatic carbocycles. The molecule has 4 heterocycles. The van der Waals surface area contributed by atoms with Crippen molar-refractivity contribution in [1.82, 2.24) is 19.5 Å². The molecule has 0 atom stereocenters. The van der Waals surface area contributed by atoms with Gasteiger partial charge in [-0.15, -0.1) is 11.3 Å². The second-order valence-corrected chi connectivity index (χ2v) is 12.9. The number of furan rings is 1. The summed E-state index contributed by atoms with van der Waals surface area (Å²) in [6, 6.07) is 23.6. The van der Waals surface area contributed by atoms with Gasteiger partial charge >= 0.3 is 0 Å². The summed E-state index contributed by atoms with van der Waals surface area (Å²) in [5, 5.41) is 2.82. The zero-order valence-corrected chi connectivity index (χ0v) is 23.9. The maximum Gasteiger partial charge on any atom is 0.232 e. The summed E-state index contributed by atoms with van der Waals surface area (Å²) in [5.74, 6) is 1.35. The summed E-state index contributed by atoms with van der Waals surface area (Å²) in [6.07, 6.45) is 8.46. The second kappa shape index (κ2) is 9.76. The Balaban J connectivity index is 1.26. The lowest BCUT2D eigenvalue weighted by atomic mass is 10.0. The topological polar surface area (TPSA) is 97.0 Å². The van der Waals surface area contributed by atoms with Crippen molar-refractivity contribution >= 4 is 48.9 Å². The first kappa shape index (κ1) is 25.3. The first-order valence-corrected chi connectivity index (χ1v) is 15.6. The van der Waals surface area contributed by atoms with E-state index in [0.717, 1.165) is 42.9 Å². The Morgan fingerprint density at radius 3 is 2.63 bits per heavy atom. The van der Waals surface area contributed by atoms with Crippen LogP contribution in [0.3, 0.4) is 0 Å². The highest BCUT2D eigenvalue weighted by molar-refractivity contribution is 7.92. The quantitative estimate of drug-likeness (QED) is 0.218. The minimum absolute atomic E-state index is 0.160. The van der Waals surface area contributed by atoms with E-state index >= 15 is 0 Å². The molecule has 0 fully saturated rings. The molecule has 0 aliphatic heterocycles. The summed E-state index contributed by atoms with van der Waals surface area (Å²) in [4.78, 5) is 13.1. The van der Waals surface area contributed by atoms with Gasteiger partial charge in [-0.2, -0.15) is 0 Å². The first-order chi connectivity index (χ1) is 19.8. The lowest BCUT2D eigenvalue weighted by molar-refractivity contribution is 0.596. The summed E-state index contributed by atoms with van der Waals surface area (Å²) >= 11 is 1.49. The van der Waals surface area contributed by atoms with Gasteiger partial charge < -0.3 is 14.0 Å². The largest absolute Gasteiger partial charge is 0.455 e. The fraction of sp³-hybridized carbons (Fsp3) is 0.0968. The molecular weight excluding hydrogens is 555 g/mol. The third-order valence-electron chi connectivity index (χ3n) is 7.12. The van der Waals surface area contributed by atoms with E-state index in [1.807, 2.05) is 61.8 Å². The predicted molar refractivity (Wildman–Crippen MR) is 164 cm³/mol. The number of fused-ring (bicyclic) bond motifs is 2. The summed E-state index contributed by atoms with van der Waals surface area (Å²) in [6.45, 7) is 0.160. The summed E-state index contributed by atoms with van der Waals surface area (Å²) < 4.78 is 35.9. The van der Waals surface area contributed by atoms with E-state index in [-0.39, 0.29) is 6.54 Å². The standard InChI is InChI=1S/C31H25N5O3S2/c1-35-15-12-21-16-22(8-11-26(21)35)31-34-18-24(40-31)19-36(41(2,37)38)23-9-10-25-27(17-23)39-29(20-6-4-3-5-7-20)28(25)30-32-13-14-33-30/h3-18H,19H2,1-2H3,(H,32,33). The van der Waals surface area contributed by atoms with Gasteiger partial charge in [0, 0.05) is 70.2 Å². The number of rotatable bonds is 7. The van der Waals surface area contributed by atoms with Crippen LogP contribution in [0.2, 0.25) is 0 Å². The molecule has 8 nitrogen and oxygen atoms in total. The normalized spacial score (nSPS) is 12.0. The molecule has 0 saturated heterocycles. The number of nitrogens with one attached hydrogen (secondary N) is 1. The van der Waals surface area contributed by atoms with Crippen molar-refractivity contribution in [3.8, 4) is 33.3 Å². The average Bonchev–Trinajstić information content (AvgIpc) is 3.78. The van der Waals surface area contributed by atoms with E-state index in [4.69, 9.17) is 4.42 Å². The van der Waals surface area contributed by atoms with Crippen LogP contribution in [-0.4, -0.2) is 34.2 Å². The van der Waals surface area contributed by atoms with Crippen molar-refractivity contribution < 1.29 is 12.8 Å². The van der Waals surface area contributed by atoms with Gasteiger partial charge in [-0.05, 0) is 36.4 Å². The third-order valence-corrected chi connectivity index (χ3v) is 9.29. The molecule has 204 valence electrons. The minimum Gasteiger partial charge on any atom is -0.455 e. The second-order valence-electron chi connectivity index (χ2n) is 9.89. The molecule has 7 aromatic rings. The Labute approximate surface area is 240 Å². The molecule has 10 heteroatoms. The highest BCUT2D eigenvalue weighted by Gasteiger charge is 2.24. The van der Waals surface area contributed by atoms with Crippen molar-refractivity contribution in [2.24, 2.45) is 7.05 Å². The number of aryl methyl sites for hydroxylation is 1. The van der Waals surface area contributed by atoms with Crippen LogP contribution >= 0.6 is 11.3 Å². The number of H-pyrrole nitrogens is 1. The van der Waals surface area contributed by atoms with Crippen molar-refractivity contribution in [3.63, 3.8) is 0 Å². The number of hydrogen-bond donors (Lipinski definition) is 1. The van der Waals surface area contributed by atoms with Gasteiger partial charge in [-0.3, -0.25) is 4.31 Å². The molecule has 0 unspecified atom stereocenters. The molecular formula is C31H25N5O3S2. The van der Waals surface area contributed by atoms with Crippen molar-refractivity contribution in [3.05, 3.63) is 102 Å².